The van der Waals surface area contributed by atoms with E-state index in [2.05, 4.69) is 4.98 Å². The Bertz CT molecular complexity index is 800. The molecule has 0 aliphatic heterocycles. The summed E-state index contributed by atoms with van der Waals surface area (Å²) in [4.78, 5) is 26.2. The Morgan fingerprint density at radius 1 is 1.21 bits per heavy atom. The summed E-state index contributed by atoms with van der Waals surface area (Å²) in [5, 5.41) is 10.4. The van der Waals surface area contributed by atoms with Crippen LogP contribution in [0, 0.1) is 6.92 Å². The van der Waals surface area contributed by atoms with Gasteiger partial charge in [-0.15, -0.1) is 11.3 Å². The summed E-state index contributed by atoms with van der Waals surface area (Å²) in [5.41, 5.74) is -1.42. The predicted octanol–water partition coefficient (Wildman–Crippen LogP) is 3.04. The maximum atomic E-state index is 13.0. The Morgan fingerprint density at radius 2 is 1.75 bits per heavy atom. The van der Waals surface area contributed by atoms with E-state index >= 15 is 0 Å². The molecule has 0 saturated heterocycles. The van der Waals surface area contributed by atoms with Crippen molar-refractivity contribution in [1.82, 2.24) is 10.3 Å². The van der Waals surface area contributed by atoms with Gasteiger partial charge < -0.3 is 10.4 Å². The Balaban J connectivity index is 3.09. The maximum absolute atomic E-state index is 13.0. The van der Waals surface area contributed by atoms with Gasteiger partial charge in [0.05, 0.1) is 16.0 Å². The molecule has 7 nitrogen and oxygen atoms in total. The highest BCUT2D eigenvalue weighted by Crippen LogP contribution is 2.34. The van der Waals surface area contributed by atoms with E-state index in [0.717, 1.165) is 0 Å². The van der Waals surface area contributed by atoms with Crippen LogP contribution < -0.4 is 5.32 Å². The van der Waals surface area contributed by atoms with Gasteiger partial charge in [0.15, 0.2) is 15.5 Å². The third-order valence-electron chi connectivity index (χ3n) is 3.94. The Labute approximate surface area is 165 Å². The molecule has 0 aliphatic rings. The number of halogens is 3. The quantitative estimate of drug-likeness (QED) is 0.573. The van der Waals surface area contributed by atoms with Gasteiger partial charge in [0, 0.05) is 0 Å². The third-order valence-corrected chi connectivity index (χ3v) is 7.20. The summed E-state index contributed by atoms with van der Waals surface area (Å²) in [7, 11) is -3.88. The largest absolute Gasteiger partial charge is 0.480 e. The fourth-order valence-corrected chi connectivity index (χ4v) is 5.68. The second-order valence-electron chi connectivity index (χ2n) is 6.30. The van der Waals surface area contributed by atoms with Gasteiger partial charge in [0.1, 0.15) is 10.9 Å². The highest BCUT2D eigenvalue weighted by Gasteiger charge is 2.40. The fourth-order valence-electron chi connectivity index (χ4n) is 2.69. The van der Waals surface area contributed by atoms with E-state index in [1.807, 2.05) is 5.32 Å². The van der Waals surface area contributed by atoms with Crippen LogP contribution in [0.4, 0.5) is 13.2 Å². The predicted molar refractivity (Wildman–Crippen MR) is 98.1 cm³/mol. The van der Waals surface area contributed by atoms with E-state index < -0.39 is 55.5 Å². The molecule has 0 spiro atoms. The van der Waals surface area contributed by atoms with Gasteiger partial charge >= 0.3 is 12.1 Å². The van der Waals surface area contributed by atoms with Crippen molar-refractivity contribution in [2.45, 2.75) is 63.9 Å². The zero-order chi connectivity index (χ0) is 21.7. The van der Waals surface area contributed by atoms with E-state index in [9.17, 15) is 36.3 Å². The number of carbonyl (C=O) groups is 2. The first-order valence-electron chi connectivity index (χ1n) is 8.63. The molecular weight excluding hydrogens is 421 g/mol. The summed E-state index contributed by atoms with van der Waals surface area (Å²) in [6.07, 6.45) is -3.08. The molecule has 1 aromatic rings. The van der Waals surface area contributed by atoms with Crippen molar-refractivity contribution < 1.29 is 36.3 Å². The zero-order valence-electron chi connectivity index (χ0n) is 15.7. The molecule has 0 aliphatic carbocycles. The monoisotopic (exact) mass is 444 g/mol. The molecule has 0 fully saturated rings. The molecule has 0 saturated carbocycles. The number of rotatable bonds is 10. The first-order chi connectivity index (χ1) is 12.8. The number of thiazole rings is 1. The van der Waals surface area contributed by atoms with Crippen LogP contribution in [-0.4, -0.2) is 47.4 Å². The summed E-state index contributed by atoms with van der Waals surface area (Å²) in [6.45, 7) is 4.86. The van der Waals surface area contributed by atoms with E-state index in [1.165, 1.54) is 6.92 Å². The molecular formula is C16H23F3N2O5S2. The molecule has 1 atom stereocenters. The van der Waals surface area contributed by atoms with Crippen LogP contribution in [0.5, 0.6) is 0 Å². The first-order valence-corrected chi connectivity index (χ1v) is 11.2. The number of alkyl halides is 3. The second kappa shape index (κ2) is 9.68. The standard InChI is InChI=1S/C16H23F3N2O5S2/c1-4-6-10(7-5-2)28(25,26)8-11(15(23)24)21-14(22)12-13(16(17,18)19)20-9(3)27-12/h10-11H,4-8H2,1-3H3,(H,21,22)(H,23,24)/t11-/m0/s1. The summed E-state index contributed by atoms with van der Waals surface area (Å²) >= 11 is 0.458. The highest BCUT2D eigenvalue weighted by atomic mass is 32.2. The van der Waals surface area contributed by atoms with Crippen LogP contribution in [0.1, 0.15) is 59.9 Å². The summed E-state index contributed by atoms with van der Waals surface area (Å²) in [5.74, 6) is -3.85. The molecule has 1 rings (SSSR count). The van der Waals surface area contributed by atoms with E-state index in [-0.39, 0.29) is 5.01 Å². The number of aliphatic carboxylic acids is 1. The Kier molecular flexibility index (Phi) is 8.42. The van der Waals surface area contributed by atoms with Crippen LogP contribution >= 0.6 is 11.3 Å². The molecule has 12 heteroatoms. The molecule has 28 heavy (non-hydrogen) atoms. The third kappa shape index (κ3) is 6.43. The average molecular weight is 444 g/mol. The minimum atomic E-state index is -4.89. The van der Waals surface area contributed by atoms with Gasteiger partial charge in [0.25, 0.3) is 5.91 Å². The number of carboxylic acids is 1. The molecule has 0 radical (unpaired) electrons. The lowest BCUT2D eigenvalue weighted by Gasteiger charge is -2.20. The highest BCUT2D eigenvalue weighted by molar-refractivity contribution is 7.92. The number of nitrogens with one attached hydrogen (secondary N) is 1. The number of aromatic nitrogens is 1. The molecule has 160 valence electrons. The minimum Gasteiger partial charge on any atom is -0.480 e. The van der Waals surface area contributed by atoms with Crippen LogP contribution in [0.2, 0.25) is 0 Å². The van der Waals surface area contributed by atoms with Crippen molar-refractivity contribution in [2.75, 3.05) is 5.75 Å². The smallest absolute Gasteiger partial charge is 0.435 e. The summed E-state index contributed by atoms with van der Waals surface area (Å²) in [6, 6.07) is -1.86. The molecule has 0 bridgehead atoms. The Morgan fingerprint density at radius 3 is 2.18 bits per heavy atom. The average Bonchev–Trinajstić information content (AvgIpc) is 2.96. The lowest BCUT2D eigenvalue weighted by Crippen LogP contribution is -2.47. The van der Waals surface area contributed by atoms with E-state index in [1.54, 1.807) is 13.8 Å². The SMILES string of the molecule is CCCC(CCC)S(=O)(=O)C[C@H](NC(=O)c1sc(C)nc1C(F)(F)F)C(=O)O. The number of aryl methyl sites for hydroxylation is 1. The summed E-state index contributed by atoms with van der Waals surface area (Å²) < 4.78 is 64.2. The van der Waals surface area contributed by atoms with Crippen molar-refractivity contribution in [2.24, 2.45) is 0 Å². The number of sulfone groups is 1. The van der Waals surface area contributed by atoms with Gasteiger partial charge in [-0.1, -0.05) is 26.7 Å². The molecule has 2 N–H and O–H groups in total. The van der Waals surface area contributed by atoms with Crippen LogP contribution in [0.3, 0.4) is 0 Å². The Hall–Kier alpha value is -1.69. The van der Waals surface area contributed by atoms with E-state index in [0.29, 0.717) is 37.0 Å². The molecule has 1 aromatic heterocycles. The molecule has 0 aromatic carbocycles. The first kappa shape index (κ1) is 24.3. The molecule has 0 unspecified atom stereocenters. The van der Waals surface area contributed by atoms with E-state index in [4.69, 9.17) is 0 Å². The number of amides is 1. The van der Waals surface area contributed by atoms with Crippen molar-refractivity contribution >= 4 is 33.1 Å². The van der Waals surface area contributed by atoms with Crippen molar-refractivity contribution in [1.29, 1.82) is 0 Å². The number of hydrogen-bond donors (Lipinski definition) is 2. The maximum Gasteiger partial charge on any atom is 0.435 e. The van der Waals surface area contributed by atoms with Crippen LogP contribution in [0.15, 0.2) is 0 Å². The van der Waals surface area contributed by atoms with Crippen molar-refractivity contribution in [3.05, 3.63) is 15.6 Å². The minimum absolute atomic E-state index is 0.0251. The normalized spacial score (nSPS) is 13.5. The van der Waals surface area contributed by atoms with Crippen molar-refractivity contribution in [3.63, 3.8) is 0 Å². The van der Waals surface area contributed by atoms with Crippen molar-refractivity contribution in [3.8, 4) is 0 Å². The number of nitrogens with zero attached hydrogens (tertiary/aromatic N) is 1. The number of hydrogen-bond acceptors (Lipinski definition) is 6. The lowest BCUT2D eigenvalue weighted by molar-refractivity contribution is -0.141. The number of carboxylic acid groups (broad SMARTS) is 1. The fraction of sp³-hybridized carbons (Fsp3) is 0.688. The van der Waals surface area contributed by atoms with Gasteiger partial charge in [-0.25, -0.2) is 18.2 Å². The lowest BCUT2D eigenvalue weighted by atomic mass is 10.2. The zero-order valence-corrected chi connectivity index (χ0v) is 17.3. The van der Waals surface area contributed by atoms with Gasteiger partial charge in [-0.05, 0) is 19.8 Å². The van der Waals surface area contributed by atoms with Crippen LogP contribution in [0.25, 0.3) is 0 Å². The van der Waals surface area contributed by atoms with Gasteiger partial charge in [0.2, 0.25) is 0 Å². The topological polar surface area (TPSA) is 113 Å². The van der Waals surface area contributed by atoms with Crippen LogP contribution in [-0.2, 0) is 20.8 Å². The molecule has 1 amide bonds. The number of carbonyl (C=O) groups excluding carboxylic acids is 1. The van der Waals surface area contributed by atoms with Gasteiger partial charge in [-0.2, -0.15) is 13.2 Å². The second-order valence-corrected chi connectivity index (χ2v) is 9.83. The molecule has 1 heterocycles. The van der Waals surface area contributed by atoms with Gasteiger partial charge in [-0.3, -0.25) is 4.79 Å².